The molecule has 162 valence electrons. The van der Waals surface area contributed by atoms with E-state index >= 15 is 0 Å². The van der Waals surface area contributed by atoms with Gasteiger partial charge in [-0.1, -0.05) is 71.0 Å². The summed E-state index contributed by atoms with van der Waals surface area (Å²) in [5.41, 5.74) is 5.42. The van der Waals surface area contributed by atoms with Crippen LogP contribution in [0.15, 0.2) is 47.6 Å². The molecule has 4 heteroatoms. The van der Waals surface area contributed by atoms with Crippen molar-refractivity contribution in [3.63, 3.8) is 0 Å². The number of nitrogens with one attached hydrogen (secondary N) is 1. The van der Waals surface area contributed by atoms with Crippen molar-refractivity contribution < 1.29 is 9.57 Å². The van der Waals surface area contributed by atoms with Gasteiger partial charge in [-0.15, -0.1) is 0 Å². The topological polar surface area (TPSA) is 42.8 Å². The van der Waals surface area contributed by atoms with E-state index in [0.717, 1.165) is 48.6 Å². The zero-order chi connectivity index (χ0) is 22.1. The van der Waals surface area contributed by atoms with Crippen LogP contribution in [-0.2, 0) is 4.84 Å². The van der Waals surface area contributed by atoms with Crippen LogP contribution in [0.25, 0.3) is 11.1 Å². The fraction of sp³-hybridized carbons (Fsp3) is 0.480. The van der Waals surface area contributed by atoms with Gasteiger partial charge in [-0.25, -0.2) is 0 Å². The first-order valence-corrected chi connectivity index (χ1v) is 11.0. The molecule has 1 N–H and O–H groups in total. The number of hydrogen-bond donors (Lipinski definition) is 1. The lowest BCUT2D eigenvalue weighted by Crippen LogP contribution is -2.09. The third kappa shape index (κ3) is 7.54. The Labute approximate surface area is 178 Å². The quantitative estimate of drug-likeness (QED) is 0.362. The molecule has 0 saturated heterocycles. The summed E-state index contributed by atoms with van der Waals surface area (Å²) in [5.74, 6) is 0.879. The third-order valence-electron chi connectivity index (χ3n) is 3.99. The van der Waals surface area contributed by atoms with E-state index in [0.29, 0.717) is 0 Å². The van der Waals surface area contributed by atoms with Gasteiger partial charge >= 0.3 is 0 Å². The van der Waals surface area contributed by atoms with Crippen LogP contribution in [0.4, 0.5) is 0 Å². The van der Waals surface area contributed by atoms with Crippen LogP contribution in [0.1, 0.15) is 65.5 Å². The molecule has 0 heterocycles. The highest BCUT2D eigenvalue weighted by Crippen LogP contribution is 2.38. The van der Waals surface area contributed by atoms with Crippen molar-refractivity contribution in [2.45, 2.75) is 54.4 Å². The van der Waals surface area contributed by atoms with Crippen LogP contribution in [0.3, 0.4) is 0 Å². The van der Waals surface area contributed by atoms with E-state index < -0.39 is 0 Å². The molecule has 0 spiro atoms. The molecule has 29 heavy (non-hydrogen) atoms. The first kappa shape index (κ1) is 26.7. The average molecular weight is 401 g/mol. The molecule has 3 rings (SSSR count). The maximum absolute atomic E-state index is 5.88. The van der Waals surface area contributed by atoms with Crippen LogP contribution < -0.4 is 10.1 Å². The summed E-state index contributed by atoms with van der Waals surface area (Å²) in [6.07, 6.45) is 2.15. The molecule has 0 radical (unpaired) electrons. The summed E-state index contributed by atoms with van der Waals surface area (Å²) >= 11 is 0. The van der Waals surface area contributed by atoms with Gasteiger partial charge in [0.2, 0.25) is 0 Å². The predicted molar refractivity (Wildman–Crippen MR) is 127 cm³/mol. The molecule has 0 amide bonds. The Bertz CT molecular complexity index is 712. The summed E-state index contributed by atoms with van der Waals surface area (Å²) in [5, 5.41) is 7.37. The Morgan fingerprint density at radius 3 is 2.03 bits per heavy atom. The maximum Gasteiger partial charge on any atom is 0.120 e. The van der Waals surface area contributed by atoms with Crippen LogP contribution in [0, 0.1) is 0 Å². The smallest absolute Gasteiger partial charge is 0.120 e. The van der Waals surface area contributed by atoms with Crippen molar-refractivity contribution in [2.75, 3.05) is 27.3 Å². The third-order valence-corrected chi connectivity index (χ3v) is 3.99. The Hall–Kier alpha value is -2.33. The number of benzene rings is 2. The lowest BCUT2D eigenvalue weighted by atomic mass is 10.1. The molecule has 0 atom stereocenters. The molecular weight excluding hydrogens is 360 g/mol. The highest BCUT2D eigenvalue weighted by atomic mass is 16.6. The predicted octanol–water partition coefficient (Wildman–Crippen LogP) is 6.52. The van der Waals surface area contributed by atoms with Gasteiger partial charge in [-0.05, 0) is 55.8 Å². The molecule has 0 bridgehead atoms. The first-order valence-electron chi connectivity index (χ1n) is 11.0. The van der Waals surface area contributed by atoms with E-state index in [4.69, 9.17) is 9.57 Å². The molecule has 0 fully saturated rings. The van der Waals surface area contributed by atoms with Gasteiger partial charge in [-0.3, -0.25) is 0 Å². The second-order valence-electron chi connectivity index (χ2n) is 5.53. The van der Waals surface area contributed by atoms with Crippen molar-refractivity contribution in [1.82, 2.24) is 5.32 Å². The van der Waals surface area contributed by atoms with Gasteiger partial charge in [0, 0.05) is 11.1 Å². The largest absolute Gasteiger partial charge is 0.494 e. The molecular formula is C25H40N2O2. The van der Waals surface area contributed by atoms with Crippen molar-refractivity contribution in [1.29, 1.82) is 0 Å². The lowest BCUT2D eigenvalue weighted by molar-refractivity contribution is 0.214. The minimum atomic E-state index is 0.726. The number of unbranched alkanes of at least 4 members (excludes halogenated alkanes) is 1. The second-order valence-corrected chi connectivity index (χ2v) is 5.53. The van der Waals surface area contributed by atoms with Gasteiger partial charge < -0.3 is 14.9 Å². The number of rotatable bonds is 7. The molecule has 0 aromatic heterocycles. The molecule has 1 aliphatic carbocycles. The van der Waals surface area contributed by atoms with E-state index in [2.05, 4.69) is 34.7 Å². The maximum atomic E-state index is 5.88. The summed E-state index contributed by atoms with van der Waals surface area (Å²) in [6, 6.07) is 14.5. The molecule has 4 nitrogen and oxygen atoms in total. The highest BCUT2D eigenvalue weighted by molar-refractivity contribution is 6.24. The number of oxime groups is 1. The molecule has 0 aliphatic heterocycles. The van der Waals surface area contributed by atoms with Gasteiger partial charge in [0.25, 0.3) is 0 Å². The molecule has 0 saturated carbocycles. The van der Waals surface area contributed by atoms with Crippen molar-refractivity contribution in [3.8, 4) is 16.9 Å². The van der Waals surface area contributed by atoms with Crippen LogP contribution in [-0.4, -0.2) is 33.0 Å². The summed E-state index contributed by atoms with van der Waals surface area (Å²) in [7, 11) is 3.55. The number of fused-ring (bicyclic) bond motifs is 3. The van der Waals surface area contributed by atoms with Crippen molar-refractivity contribution >= 4 is 5.71 Å². The van der Waals surface area contributed by atoms with E-state index in [1.54, 1.807) is 7.11 Å². The zero-order valence-corrected chi connectivity index (χ0v) is 19.6. The molecule has 2 aromatic carbocycles. The standard InChI is InChI=1S/C19H22N2O2.3C2H6/c1-20-11-5-6-12-23-14-9-10-16-15-7-3-4-8-17(15)19(21-22-2)18(16)13-14;3*1-2/h3-4,7-10,13,20H,5-6,11-12H2,1-2H3;3*1-2H3/b21-19+;;;. The van der Waals surface area contributed by atoms with Crippen molar-refractivity contribution in [3.05, 3.63) is 53.6 Å². The highest BCUT2D eigenvalue weighted by Gasteiger charge is 2.25. The minimum Gasteiger partial charge on any atom is -0.494 e. The van der Waals surface area contributed by atoms with Gasteiger partial charge in [0.05, 0.1) is 6.61 Å². The molecule has 2 aromatic rings. The molecule has 0 unspecified atom stereocenters. The van der Waals surface area contributed by atoms with Crippen LogP contribution in [0.5, 0.6) is 5.75 Å². The molecule has 1 aliphatic rings. The minimum absolute atomic E-state index is 0.726. The lowest BCUT2D eigenvalue weighted by Gasteiger charge is -2.08. The summed E-state index contributed by atoms with van der Waals surface area (Å²) in [6.45, 7) is 13.7. The van der Waals surface area contributed by atoms with E-state index in [-0.39, 0.29) is 0 Å². The zero-order valence-electron chi connectivity index (χ0n) is 19.6. The summed E-state index contributed by atoms with van der Waals surface area (Å²) < 4.78 is 5.88. The number of ether oxygens (including phenoxy) is 1. The first-order chi connectivity index (χ1) is 14.3. The van der Waals surface area contributed by atoms with Crippen LogP contribution in [0.2, 0.25) is 0 Å². The fourth-order valence-corrected chi connectivity index (χ4v) is 2.90. The monoisotopic (exact) mass is 400 g/mol. The Balaban J connectivity index is 0.00000120. The Kier molecular flexibility index (Phi) is 15.3. The second kappa shape index (κ2) is 16.6. The average Bonchev–Trinajstić information content (AvgIpc) is 3.11. The van der Waals surface area contributed by atoms with Gasteiger partial charge in [0.1, 0.15) is 18.6 Å². The Morgan fingerprint density at radius 1 is 0.793 bits per heavy atom. The van der Waals surface area contributed by atoms with E-state index in [9.17, 15) is 0 Å². The number of nitrogens with zero attached hydrogens (tertiary/aromatic N) is 1. The van der Waals surface area contributed by atoms with Crippen molar-refractivity contribution in [2.24, 2.45) is 5.16 Å². The van der Waals surface area contributed by atoms with Gasteiger partial charge in [-0.2, -0.15) is 0 Å². The van der Waals surface area contributed by atoms with Gasteiger partial charge in [0.15, 0.2) is 0 Å². The fourth-order valence-electron chi connectivity index (χ4n) is 2.90. The van der Waals surface area contributed by atoms with E-state index in [1.807, 2.05) is 66.8 Å². The summed E-state index contributed by atoms with van der Waals surface area (Å²) in [4.78, 5) is 5.04. The normalized spacial score (nSPS) is 11.5. The number of hydrogen-bond acceptors (Lipinski definition) is 4. The van der Waals surface area contributed by atoms with Crippen LogP contribution >= 0.6 is 0 Å². The van der Waals surface area contributed by atoms with E-state index in [1.165, 1.54) is 11.1 Å². The SMILES string of the molecule is CC.CC.CC.CNCCCCOc1ccc2c(c1)/C(=N/OC)c1ccccc1-2. The Morgan fingerprint density at radius 2 is 1.41 bits per heavy atom.